The first-order valence-corrected chi connectivity index (χ1v) is 7.47. The second-order valence-corrected chi connectivity index (χ2v) is 5.54. The van der Waals surface area contributed by atoms with Gasteiger partial charge in [0.05, 0.1) is 5.41 Å². The van der Waals surface area contributed by atoms with Crippen molar-refractivity contribution >= 4 is 17.7 Å². The Balaban J connectivity index is 2.11. The maximum Gasteiger partial charge on any atom is 0.411 e. The van der Waals surface area contributed by atoms with Crippen molar-refractivity contribution in [2.75, 3.05) is 11.9 Å². The van der Waals surface area contributed by atoms with Crippen molar-refractivity contribution < 1.29 is 19.4 Å². The number of hydrogen-bond acceptors (Lipinski definition) is 3. The van der Waals surface area contributed by atoms with Crippen LogP contribution in [0.25, 0.3) is 0 Å². The molecule has 1 aromatic rings. The molecule has 1 aliphatic carbocycles. The predicted octanol–water partition coefficient (Wildman–Crippen LogP) is 3.71. The Labute approximate surface area is 130 Å². The second kappa shape index (κ2) is 7.11. The van der Waals surface area contributed by atoms with Crippen LogP contribution in [0.3, 0.4) is 0 Å². The lowest BCUT2D eigenvalue weighted by Gasteiger charge is -2.33. The highest BCUT2D eigenvalue weighted by Crippen LogP contribution is 2.40. The van der Waals surface area contributed by atoms with Gasteiger partial charge in [-0.05, 0) is 30.5 Å². The fourth-order valence-corrected chi connectivity index (χ4v) is 2.94. The minimum atomic E-state index is -0.792. The van der Waals surface area contributed by atoms with Crippen LogP contribution in [0.4, 0.5) is 10.5 Å². The molecule has 0 radical (unpaired) electrons. The van der Waals surface area contributed by atoms with Crippen molar-refractivity contribution in [3.63, 3.8) is 0 Å². The van der Waals surface area contributed by atoms with E-state index in [9.17, 15) is 14.7 Å². The van der Waals surface area contributed by atoms with Crippen LogP contribution < -0.4 is 5.32 Å². The molecule has 1 aliphatic rings. The van der Waals surface area contributed by atoms with Crippen molar-refractivity contribution in [3.05, 3.63) is 42.5 Å². The van der Waals surface area contributed by atoms with E-state index in [1.54, 1.807) is 24.3 Å². The molecular weight excluding hydrogens is 282 g/mol. The van der Waals surface area contributed by atoms with Gasteiger partial charge in [0.15, 0.2) is 0 Å². The summed E-state index contributed by atoms with van der Waals surface area (Å²) < 4.78 is 4.84. The number of amides is 1. The van der Waals surface area contributed by atoms with Gasteiger partial charge in [0.25, 0.3) is 0 Å². The average Bonchev–Trinajstić information content (AvgIpc) is 2.54. The van der Waals surface area contributed by atoms with Gasteiger partial charge in [-0.1, -0.05) is 44.1 Å². The molecule has 2 N–H and O–H groups in total. The molecule has 0 spiro atoms. The summed E-state index contributed by atoms with van der Waals surface area (Å²) >= 11 is 0. The first-order valence-electron chi connectivity index (χ1n) is 7.47. The summed E-state index contributed by atoms with van der Waals surface area (Å²) in [6.07, 6.45) is 5.21. The minimum absolute atomic E-state index is 0.145. The Morgan fingerprint density at radius 2 is 1.86 bits per heavy atom. The van der Waals surface area contributed by atoms with Crippen LogP contribution in [-0.2, 0) is 14.9 Å². The molecule has 0 unspecified atom stereocenters. The third-order valence-electron chi connectivity index (χ3n) is 4.13. The molecule has 0 saturated heterocycles. The van der Waals surface area contributed by atoms with Crippen LogP contribution in [0, 0.1) is 0 Å². The zero-order valence-electron chi connectivity index (χ0n) is 12.5. The smallest absolute Gasteiger partial charge is 0.411 e. The predicted molar refractivity (Wildman–Crippen MR) is 84.0 cm³/mol. The quantitative estimate of drug-likeness (QED) is 0.813. The molecule has 0 atom stereocenters. The maximum atomic E-state index is 11.8. The molecule has 1 amide bonds. The summed E-state index contributed by atoms with van der Waals surface area (Å²) in [5.41, 5.74) is 0.582. The van der Waals surface area contributed by atoms with Crippen LogP contribution in [0.1, 0.15) is 37.7 Å². The third kappa shape index (κ3) is 3.47. The fourth-order valence-electron chi connectivity index (χ4n) is 2.94. The summed E-state index contributed by atoms with van der Waals surface area (Å²) in [6.45, 7) is 3.61. The van der Waals surface area contributed by atoms with Gasteiger partial charge in [-0.15, -0.1) is 0 Å². The van der Waals surface area contributed by atoms with Gasteiger partial charge in [0.2, 0.25) is 0 Å². The Hall–Kier alpha value is -2.30. The number of carboxylic acid groups (broad SMARTS) is 1. The number of ether oxygens (including phenoxy) is 1. The number of carbonyl (C=O) groups is 2. The van der Waals surface area contributed by atoms with Crippen LogP contribution in [0.15, 0.2) is 36.9 Å². The van der Waals surface area contributed by atoms with Crippen LogP contribution in [0.2, 0.25) is 0 Å². The van der Waals surface area contributed by atoms with Gasteiger partial charge in [-0.3, -0.25) is 10.1 Å². The summed E-state index contributed by atoms with van der Waals surface area (Å²) in [6, 6.07) is 6.98. The molecule has 0 heterocycles. The molecule has 0 aliphatic heterocycles. The minimum Gasteiger partial charge on any atom is -0.481 e. The van der Waals surface area contributed by atoms with Crippen molar-refractivity contribution in [3.8, 4) is 0 Å². The molecule has 0 aromatic heterocycles. The van der Waals surface area contributed by atoms with E-state index in [4.69, 9.17) is 4.74 Å². The standard InChI is InChI=1S/C17H21NO4/c1-2-12-22-16(21)18-14-8-6-13(7-9-14)17(15(19)20)10-4-3-5-11-17/h2,6-9H,1,3-5,10-12H2,(H,18,21)(H,19,20). The summed E-state index contributed by atoms with van der Waals surface area (Å²) in [7, 11) is 0. The highest BCUT2D eigenvalue weighted by Gasteiger charge is 2.41. The van der Waals surface area contributed by atoms with E-state index in [2.05, 4.69) is 11.9 Å². The van der Waals surface area contributed by atoms with E-state index in [1.807, 2.05) is 0 Å². The van der Waals surface area contributed by atoms with Gasteiger partial charge < -0.3 is 9.84 Å². The lowest BCUT2D eigenvalue weighted by Crippen LogP contribution is -2.37. The van der Waals surface area contributed by atoms with Crippen LogP contribution in [-0.4, -0.2) is 23.8 Å². The Bertz CT molecular complexity index is 544. The molecule has 5 heteroatoms. The lowest BCUT2D eigenvalue weighted by molar-refractivity contribution is -0.145. The fraction of sp³-hybridized carbons (Fsp3) is 0.412. The van der Waals surface area contributed by atoms with E-state index in [1.165, 1.54) is 6.08 Å². The van der Waals surface area contributed by atoms with Gasteiger partial charge in [0.1, 0.15) is 6.61 Å². The topological polar surface area (TPSA) is 75.6 Å². The number of rotatable bonds is 5. The Morgan fingerprint density at radius 3 is 2.41 bits per heavy atom. The SMILES string of the molecule is C=CCOC(=O)Nc1ccc(C2(C(=O)O)CCCCC2)cc1. The summed E-state index contributed by atoms with van der Waals surface area (Å²) in [4.78, 5) is 23.2. The number of carboxylic acids is 1. The zero-order valence-corrected chi connectivity index (χ0v) is 12.5. The van der Waals surface area contributed by atoms with Crippen LogP contribution >= 0.6 is 0 Å². The molecule has 5 nitrogen and oxygen atoms in total. The molecular formula is C17H21NO4. The number of anilines is 1. The average molecular weight is 303 g/mol. The maximum absolute atomic E-state index is 11.8. The third-order valence-corrected chi connectivity index (χ3v) is 4.13. The van der Waals surface area contributed by atoms with Crippen molar-refractivity contribution in [2.45, 2.75) is 37.5 Å². The summed E-state index contributed by atoms with van der Waals surface area (Å²) in [5, 5.41) is 12.2. The highest BCUT2D eigenvalue weighted by molar-refractivity contribution is 5.85. The van der Waals surface area contributed by atoms with E-state index in [0.29, 0.717) is 18.5 Å². The number of nitrogens with one attached hydrogen (secondary N) is 1. The number of aliphatic carboxylic acids is 1. The molecule has 1 fully saturated rings. The zero-order chi connectivity index (χ0) is 16.0. The number of benzene rings is 1. The largest absolute Gasteiger partial charge is 0.481 e. The van der Waals surface area contributed by atoms with E-state index < -0.39 is 17.5 Å². The van der Waals surface area contributed by atoms with E-state index in [-0.39, 0.29) is 6.61 Å². The molecule has 22 heavy (non-hydrogen) atoms. The number of carbonyl (C=O) groups excluding carboxylic acids is 1. The molecule has 2 rings (SSSR count). The van der Waals surface area contributed by atoms with Gasteiger partial charge in [-0.2, -0.15) is 0 Å². The first-order chi connectivity index (χ1) is 10.6. The van der Waals surface area contributed by atoms with Crippen molar-refractivity contribution in [1.29, 1.82) is 0 Å². The van der Waals surface area contributed by atoms with Gasteiger partial charge in [0, 0.05) is 5.69 Å². The van der Waals surface area contributed by atoms with Gasteiger partial charge >= 0.3 is 12.1 Å². The van der Waals surface area contributed by atoms with E-state index in [0.717, 1.165) is 24.8 Å². The Morgan fingerprint density at radius 1 is 1.23 bits per heavy atom. The van der Waals surface area contributed by atoms with Crippen LogP contribution in [0.5, 0.6) is 0 Å². The molecule has 1 aromatic carbocycles. The van der Waals surface area contributed by atoms with Crippen molar-refractivity contribution in [2.24, 2.45) is 0 Å². The molecule has 0 bridgehead atoms. The lowest BCUT2D eigenvalue weighted by atomic mass is 9.69. The first kappa shape index (κ1) is 16.1. The van der Waals surface area contributed by atoms with E-state index >= 15 is 0 Å². The normalized spacial score (nSPS) is 16.5. The van der Waals surface area contributed by atoms with Crippen molar-refractivity contribution in [1.82, 2.24) is 0 Å². The molecule has 1 saturated carbocycles. The Kier molecular flexibility index (Phi) is 5.20. The summed E-state index contributed by atoms with van der Waals surface area (Å²) in [5.74, 6) is -0.765. The monoisotopic (exact) mass is 303 g/mol. The molecule has 118 valence electrons. The number of hydrogen-bond donors (Lipinski definition) is 2. The second-order valence-electron chi connectivity index (χ2n) is 5.54. The highest BCUT2D eigenvalue weighted by atomic mass is 16.5. The van der Waals surface area contributed by atoms with Gasteiger partial charge in [-0.25, -0.2) is 4.79 Å².